The van der Waals surface area contributed by atoms with Crippen molar-refractivity contribution in [2.24, 2.45) is 0 Å². The Morgan fingerprint density at radius 3 is 2.60 bits per heavy atom. The van der Waals surface area contributed by atoms with E-state index in [1.54, 1.807) is 36.4 Å². The van der Waals surface area contributed by atoms with E-state index in [9.17, 15) is 13.2 Å². The van der Waals surface area contributed by atoms with Gasteiger partial charge in [0.25, 0.3) is 5.91 Å². The highest BCUT2D eigenvalue weighted by molar-refractivity contribution is 7.89. The van der Waals surface area contributed by atoms with Gasteiger partial charge in [-0.3, -0.25) is 4.79 Å². The molecule has 0 fully saturated rings. The first-order chi connectivity index (χ1) is 14.3. The van der Waals surface area contributed by atoms with Crippen LogP contribution in [0.5, 0.6) is 5.75 Å². The molecule has 0 spiro atoms. The van der Waals surface area contributed by atoms with E-state index < -0.39 is 10.0 Å². The van der Waals surface area contributed by atoms with Gasteiger partial charge in [0, 0.05) is 12.1 Å². The summed E-state index contributed by atoms with van der Waals surface area (Å²) in [7, 11) is -2.19. The number of nitrogens with zero attached hydrogens (tertiary/aromatic N) is 1. The zero-order valence-corrected chi connectivity index (χ0v) is 17.7. The third-order valence-corrected chi connectivity index (χ3v) is 6.00. The molecule has 0 saturated carbocycles. The fraction of sp³-hybridized carbons (Fsp3) is 0.238. The molecular weight excluding hydrogens is 406 g/mol. The van der Waals surface area contributed by atoms with E-state index in [1.807, 2.05) is 13.8 Å². The van der Waals surface area contributed by atoms with Crippen LogP contribution in [0, 0.1) is 13.8 Å². The molecule has 3 aromatic rings. The number of nitrogens with one attached hydrogen (secondary N) is 2. The summed E-state index contributed by atoms with van der Waals surface area (Å²) in [4.78, 5) is 12.7. The molecule has 0 bridgehead atoms. The lowest BCUT2D eigenvalue weighted by molar-refractivity contribution is 0.0950. The van der Waals surface area contributed by atoms with E-state index in [0.29, 0.717) is 29.2 Å². The van der Waals surface area contributed by atoms with Crippen LogP contribution < -0.4 is 14.8 Å². The molecule has 2 aromatic carbocycles. The predicted octanol–water partition coefficient (Wildman–Crippen LogP) is 2.71. The predicted molar refractivity (Wildman–Crippen MR) is 111 cm³/mol. The summed E-state index contributed by atoms with van der Waals surface area (Å²) in [6, 6.07) is 13.2. The maximum absolute atomic E-state index is 12.5. The van der Waals surface area contributed by atoms with Crippen molar-refractivity contribution in [3.8, 4) is 5.75 Å². The van der Waals surface area contributed by atoms with Gasteiger partial charge < -0.3 is 14.6 Å². The van der Waals surface area contributed by atoms with Crippen molar-refractivity contribution in [1.82, 2.24) is 15.2 Å². The summed E-state index contributed by atoms with van der Waals surface area (Å²) in [6.07, 6.45) is 0. The lowest BCUT2D eigenvalue weighted by Crippen LogP contribution is -2.23. The van der Waals surface area contributed by atoms with E-state index >= 15 is 0 Å². The summed E-state index contributed by atoms with van der Waals surface area (Å²) in [5.74, 6) is 0.952. The van der Waals surface area contributed by atoms with Gasteiger partial charge in [-0.05, 0) is 56.8 Å². The minimum absolute atomic E-state index is 0.145. The molecule has 1 aromatic heterocycles. The zero-order valence-electron chi connectivity index (χ0n) is 16.9. The molecule has 0 atom stereocenters. The van der Waals surface area contributed by atoms with Crippen LogP contribution in [0.3, 0.4) is 0 Å². The number of aryl methyl sites for hydroxylation is 2. The molecule has 0 aliphatic carbocycles. The van der Waals surface area contributed by atoms with Gasteiger partial charge in [0.1, 0.15) is 18.1 Å². The molecule has 0 radical (unpaired) electrons. The number of amides is 1. The van der Waals surface area contributed by atoms with Crippen LogP contribution in [0.25, 0.3) is 0 Å². The third kappa shape index (κ3) is 5.05. The van der Waals surface area contributed by atoms with Gasteiger partial charge in [-0.1, -0.05) is 23.4 Å². The standard InChI is InChI=1S/C21H23N3O5S/c1-14-20(15(2)29-24-14)13-28-18-8-5-7-17(11-18)21(25)23-12-16-6-4-9-19(10-16)30(26,27)22-3/h4-11,22H,12-13H2,1-3H3,(H,23,25). The Balaban J connectivity index is 1.64. The van der Waals surface area contributed by atoms with E-state index in [0.717, 1.165) is 11.3 Å². The smallest absolute Gasteiger partial charge is 0.251 e. The van der Waals surface area contributed by atoms with Gasteiger partial charge >= 0.3 is 0 Å². The fourth-order valence-corrected chi connectivity index (χ4v) is 3.62. The van der Waals surface area contributed by atoms with Crippen molar-refractivity contribution in [3.05, 3.63) is 76.7 Å². The molecule has 1 heterocycles. The normalized spacial score (nSPS) is 11.3. The Hall–Kier alpha value is -3.17. The van der Waals surface area contributed by atoms with Crippen LogP contribution in [0.15, 0.2) is 57.9 Å². The van der Waals surface area contributed by atoms with Crippen molar-refractivity contribution in [2.75, 3.05) is 7.05 Å². The highest BCUT2D eigenvalue weighted by atomic mass is 32.2. The van der Waals surface area contributed by atoms with Crippen molar-refractivity contribution >= 4 is 15.9 Å². The maximum atomic E-state index is 12.5. The first-order valence-electron chi connectivity index (χ1n) is 9.25. The molecule has 0 aliphatic heterocycles. The third-order valence-electron chi connectivity index (χ3n) is 4.59. The monoisotopic (exact) mass is 429 g/mol. The number of rotatable bonds is 8. The first kappa shape index (κ1) is 21.5. The second-order valence-electron chi connectivity index (χ2n) is 6.66. The summed E-state index contributed by atoms with van der Waals surface area (Å²) in [5, 5.41) is 6.69. The number of sulfonamides is 1. The number of carbonyl (C=O) groups excluding carboxylic acids is 1. The summed E-state index contributed by atoms with van der Waals surface area (Å²) < 4.78 is 37.0. The van der Waals surface area contributed by atoms with Gasteiger partial charge in [-0.25, -0.2) is 13.1 Å². The van der Waals surface area contributed by atoms with Gasteiger partial charge in [0.05, 0.1) is 16.2 Å². The van der Waals surface area contributed by atoms with Crippen molar-refractivity contribution in [3.63, 3.8) is 0 Å². The highest BCUT2D eigenvalue weighted by Gasteiger charge is 2.13. The van der Waals surface area contributed by atoms with Gasteiger partial charge in [-0.15, -0.1) is 0 Å². The number of carbonyl (C=O) groups is 1. The molecule has 8 nitrogen and oxygen atoms in total. The van der Waals surface area contributed by atoms with E-state index in [2.05, 4.69) is 15.2 Å². The number of hydrogen-bond acceptors (Lipinski definition) is 6. The van der Waals surface area contributed by atoms with E-state index in [1.165, 1.54) is 19.2 Å². The van der Waals surface area contributed by atoms with Crippen LogP contribution in [0.1, 0.15) is 32.9 Å². The number of aromatic nitrogens is 1. The van der Waals surface area contributed by atoms with Crippen LogP contribution in [-0.2, 0) is 23.2 Å². The summed E-state index contributed by atoms with van der Waals surface area (Å²) in [5.41, 5.74) is 2.75. The first-order valence-corrected chi connectivity index (χ1v) is 10.7. The Labute approximate surface area is 175 Å². The molecule has 2 N–H and O–H groups in total. The van der Waals surface area contributed by atoms with Crippen molar-refractivity contribution in [2.45, 2.75) is 31.9 Å². The molecule has 9 heteroatoms. The van der Waals surface area contributed by atoms with Crippen LogP contribution in [-0.4, -0.2) is 26.5 Å². The molecule has 1 amide bonds. The lowest BCUT2D eigenvalue weighted by Gasteiger charge is -2.10. The fourth-order valence-electron chi connectivity index (χ4n) is 2.82. The van der Waals surface area contributed by atoms with E-state index in [4.69, 9.17) is 9.26 Å². The Bertz CT molecular complexity index is 1140. The summed E-state index contributed by atoms with van der Waals surface area (Å²) in [6.45, 7) is 4.14. The topological polar surface area (TPSA) is 111 Å². The minimum Gasteiger partial charge on any atom is -0.489 e. The number of ether oxygens (including phenoxy) is 1. The van der Waals surface area contributed by atoms with Crippen LogP contribution in [0.4, 0.5) is 0 Å². The second-order valence-corrected chi connectivity index (χ2v) is 8.54. The molecule has 158 valence electrons. The van der Waals surface area contributed by atoms with E-state index in [-0.39, 0.29) is 17.3 Å². The van der Waals surface area contributed by atoms with Gasteiger partial charge in [0.15, 0.2) is 0 Å². The van der Waals surface area contributed by atoms with Crippen molar-refractivity contribution < 1.29 is 22.5 Å². The highest BCUT2D eigenvalue weighted by Crippen LogP contribution is 2.19. The molecular formula is C21H23N3O5S. The zero-order chi connectivity index (χ0) is 21.7. The quantitative estimate of drug-likeness (QED) is 0.570. The lowest BCUT2D eigenvalue weighted by atomic mass is 10.2. The molecule has 30 heavy (non-hydrogen) atoms. The van der Waals surface area contributed by atoms with Crippen molar-refractivity contribution in [1.29, 1.82) is 0 Å². The summed E-state index contributed by atoms with van der Waals surface area (Å²) >= 11 is 0. The average molecular weight is 429 g/mol. The molecule has 0 unspecified atom stereocenters. The molecule has 0 saturated heterocycles. The van der Waals surface area contributed by atoms with Gasteiger partial charge in [0.2, 0.25) is 10.0 Å². The Kier molecular flexibility index (Phi) is 6.53. The Morgan fingerprint density at radius 1 is 1.13 bits per heavy atom. The molecule has 0 aliphatic rings. The minimum atomic E-state index is -3.54. The second kappa shape index (κ2) is 9.10. The maximum Gasteiger partial charge on any atom is 0.251 e. The largest absolute Gasteiger partial charge is 0.489 e. The average Bonchev–Trinajstić information content (AvgIpc) is 3.08. The number of benzene rings is 2. The van der Waals surface area contributed by atoms with Crippen LogP contribution in [0.2, 0.25) is 0 Å². The van der Waals surface area contributed by atoms with Gasteiger partial charge in [-0.2, -0.15) is 0 Å². The molecule has 3 rings (SSSR count). The SMILES string of the molecule is CNS(=O)(=O)c1cccc(CNC(=O)c2cccc(OCc3c(C)noc3C)c2)c1. The number of hydrogen-bond donors (Lipinski definition) is 2. The van der Waals surface area contributed by atoms with Crippen LogP contribution >= 0.6 is 0 Å². The Morgan fingerprint density at radius 2 is 1.90 bits per heavy atom.